The van der Waals surface area contributed by atoms with Crippen molar-refractivity contribution in [1.82, 2.24) is 24.5 Å². The van der Waals surface area contributed by atoms with Crippen molar-refractivity contribution < 1.29 is 9.53 Å². The number of nitrogen functional groups attached to an aromatic ring is 1. The Labute approximate surface area is 295 Å². The highest BCUT2D eigenvalue weighted by atomic mass is 35.5. The Morgan fingerprint density at radius 1 is 1.00 bits per heavy atom. The van der Waals surface area contributed by atoms with Crippen LogP contribution in [0.25, 0.3) is 33.4 Å². The van der Waals surface area contributed by atoms with E-state index in [0.29, 0.717) is 50.9 Å². The molecule has 49 heavy (non-hydrogen) atoms. The molecule has 11 heteroatoms. The van der Waals surface area contributed by atoms with Crippen molar-refractivity contribution >= 4 is 45.7 Å². The summed E-state index contributed by atoms with van der Waals surface area (Å²) in [7, 11) is 0. The molecule has 0 spiro atoms. The summed E-state index contributed by atoms with van der Waals surface area (Å²) in [4.78, 5) is 23.9. The van der Waals surface area contributed by atoms with Crippen molar-refractivity contribution in [3.8, 4) is 28.4 Å². The molecule has 4 N–H and O–H groups in total. The highest BCUT2D eigenvalue weighted by molar-refractivity contribution is 6.31. The van der Waals surface area contributed by atoms with Gasteiger partial charge < -0.3 is 25.8 Å². The van der Waals surface area contributed by atoms with Crippen molar-refractivity contribution in [3.05, 3.63) is 119 Å². The van der Waals surface area contributed by atoms with Gasteiger partial charge in [0.25, 0.3) is 5.91 Å². The fraction of sp³-hybridized carbons (Fsp3) is 0.237. The van der Waals surface area contributed by atoms with Crippen molar-refractivity contribution in [2.24, 2.45) is 5.92 Å². The normalized spacial score (nSPS) is 14.2. The molecule has 1 saturated heterocycles. The van der Waals surface area contributed by atoms with Crippen LogP contribution in [0.3, 0.4) is 0 Å². The van der Waals surface area contributed by atoms with Gasteiger partial charge in [0.05, 0.1) is 35.9 Å². The molecule has 0 aliphatic carbocycles. The number of carbonyl (C=O) groups excluding carboxylic acids is 1. The minimum absolute atomic E-state index is 0.171. The lowest BCUT2D eigenvalue weighted by Crippen LogP contribution is -2.28. The van der Waals surface area contributed by atoms with Crippen LogP contribution in [0.1, 0.15) is 48.3 Å². The van der Waals surface area contributed by atoms with E-state index in [9.17, 15) is 4.79 Å². The average molecular weight is 695 g/mol. The van der Waals surface area contributed by atoms with Gasteiger partial charge in [0.1, 0.15) is 11.4 Å². The Morgan fingerprint density at radius 2 is 1.76 bits per heavy atom. The summed E-state index contributed by atoms with van der Waals surface area (Å²) in [5, 5.41) is 8.37. The van der Waals surface area contributed by atoms with Gasteiger partial charge in [-0.2, -0.15) is 0 Å². The molecule has 4 heterocycles. The van der Waals surface area contributed by atoms with Crippen LogP contribution in [-0.4, -0.2) is 44.8 Å². The fourth-order valence-corrected chi connectivity index (χ4v) is 6.93. The highest BCUT2D eigenvalue weighted by Crippen LogP contribution is 2.42. The van der Waals surface area contributed by atoms with E-state index in [1.807, 2.05) is 67.0 Å². The van der Waals surface area contributed by atoms with E-state index >= 15 is 0 Å². The molecule has 6 aromatic rings. The summed E-state index contributed by atoms with van der Waals surface area (Å²) >= 11 is 12.7. The number of amides is 1. The van der Waals surface area contributed by atoms with Crippen molar-refractivity contribution in [1.29, 1.82) is 0 Å². The van der Waals surface area contributed by atoms with E-state index in [1.165, 1.54) is 4.68 Å². The van der Waals surface area contributed by atoms with Crippen molar-refractivity contribution in [2.75, 3.05) is 30.9 Å². The number of benzene rings is 3. The van der Waals surface area contributed by atoms with Crippen LogP contribution >= 0.6 is 23.2 Å². The molecule has 1 fully saturated rings. The molecule has 3 aromatic carbocycles. The molecule has 7 rings (SSSR count). The molecule has 250 valence electrons. The zero-order valence-corrected chi connectivity index (χ0v) is 28.6. The third kappa shape index (κ3) is 6.74. The maximum Gasteiger partial charge on any atom is 0.275 e. The number of fused-ring (bicyclic) bond motifs is 1. The van der Waals surface area contributed by atoms with Gasteiger partial charge in [-0.3, -0.25) is 9.47 Å². The standard InChI is InChI=1S/C38H37Cl2N7O2/c1-24(26-9-11-28(39)12-10-26)46-23-44-34(27-6-3-2-4-7-27)35(46)33-30-14-13-29(40)22-32(30)47(41)36(33)37(48)45-31-8-5-18-43-38(31)49-21-17-25-15-19-42-20-16-25/h2-14,18,22-25,42H,15-17,19-21,41H2,1H3,(H,45,48)/t24-/m0/s1. The number of rotatable bonds is 10. The Balaban J connectivity index is 1.33. The fourth-order valence-electron chi connectivity index (χ4n) is 6.63. The number of imidazole rings is 1. The molecule has 1 atom stereocenters. The number of nitrogens with one attached hydrogen (secondary N) is 2. The number of aromatic nitrogens is 4. The van der Waals surface area contributed by atoms with Gasteiger partial charge in [0.2, 0.25) is 5.88 Å². The van der Waals surface area contributed by atoms with Crippen molar-refractivity contribution in [3.63, 3.8) is 0 Å². The Bertz CT molecular complexity index is 2090. The lowest BCUT2D eigenvalue weighted by atomic mass is 9.95. The van der Waals surface area contributed by atoms with E-state index in [4.69, 9.17) is 38.8 Å². The molecule has 9 nitrogen and oxygen atoms in total. The number of nitrogens with zero attached hydrogens (tertiary/aromatic N) is 4. The van der Waals surface area contributed by atoms with Gasteiger partial charge in [-0.15, -0.1) is 0 Å². The number of halogens is 2. The molecule has 0 radical (unpaired) electrons. The zero-order chi connectivity index (χ0) is 33.9. The van der Waals surface area contributed by atoms with Crippen LogP contribution in [0.4, 0.5) is 5.69 Å². The second-order valence-corrected chi connectivity index (χ2v) is 13.2. The van der Waals surface area contributed by atoms with Gasteiger partial charge in [-0.25, -0.2) is 9.97 Å². The summed E-state index contributed by atoms with van der Waals surface area (Å²) in [5.41, 5.74) is 5.29. The van der Waals surface area contributed by atoms with Gasteiger partial charge in [0.15, 0.2) is 0 Å². The van der Waals surface area contributed by atoms with Gasteiger partial charge >= 0.3 is 0 Å². The first-order chi connectivity index (χ1) is 23.9. The van der Waals surface area contributed by atoms with Crippen LogP contribution in [-0.2, 0) is 0 Å². The zero-order valence-electron chi connectivity index (χ0n) is 27.1. The van der Waals surface area contributed by atoms with Gasteiger partial charge in [-0.1, -0.05) is 71.7 Å². The third-order valence-corrected chi connectivity index (χ3v) is 9.76. The van der Waals surface area contributed by atoms with E-state index in [-0.39, 0.29) is 11.7 Å². The molecule has 0 saturated carbocycles. The minimum Gasteiger partial charge on any atom is -0.476 e. The first-order valence-corrected chi connectivity index (χ1v) is 17.2. The summed E-state index contributed by atoms with van der Waals surface area (Å²) in [6.45, 7) is 4.65. The van der Waals surface area contributed by atoms with Crippen LogP contribution < -0.4 is 21.2 Å². The number of hydrogen-bond donors (Lipinski definition) is 3. The Kier molecular flexibility index (Phi) is 9.57. The van der Waals surface area contributed by atoms with Crippen molar-refractivity contribution in [2.45, 2.75) is 32.2 Å². The maximum absolute atomic E-state index is 14.5. The molecular formula is C38H37Cl2N7O2. The van der Waals surface area contributed by atoms with Gasteiger partial charge in [0, 0.05) is 32.8 Å². The second-order valence-electron chi connectivity index (χ2n) is 12.3. The van der Waals surface area contributed by atoms with E-state index < -0.39 is 5.91 Å². The number of ether oxygens (including phenoxy) is 1. The third-order valence-electron chi connectivity index (χ3n) is 9.27. The lowest BCUT2D eigenvalue weighted by Gasteiger charge is -2.22. The van der Waals surface area contributed by atoms with Crippen LogP contribution in [0.2, 0.25) is 10.0 Å². The molecule has 1 aliphatic rings. The van der Waals surface area contributed by atoms with Crippen LogP contribution in [0.5, 0.6) is 5.88 Å². The summed E-state index contributed by atoms with van der Waals surface area (Å²) in [6.07, 6.45) is 6.64. The van der Waals surface area contributed by atoms with Gasteiger partial charge in [-0.05, 0) is 87.2 Å². The minimum atomic E-state index is -0.424. The van der Waals surface area contributed by atoms with E-state index in [0.717, 1.165) is 54.6 Å². The predicted molar refractivity (Wildman–Crippen MR) is 197 cm³/mol. The molecule has 1 aliphatic heterocycles. The molecule has 0 unspecified atom stereocenters. The van der Waals surface area contributed by atoms with E-state index in [2.05, 4.69) is 27.1 Å². The Morgan fingerprint density at radius 3 is 2.53 bits per heavy atom. The SMILES string of the molecule is C[C@@H](c1ccc(Cl)cc1)n1cnc(-c2ccccc2)c1-c1c(C(=O)Nc2cccnc2OCCC2CCNCC2)n(N)c2cc(Cl)ccc12. The predicted octanol–water partition coefficient (Wildman–Crippen LogP) is 8.22. The van der Waals surface area contributed by atoms with Crippen LogP contribution in [0.15, 0.2) is 97.5 Å². The smallest absolute Gasteiger partial charge is 0.275 e. The summed E-state index contributed by atoms with van der Waals surface area (Å²) in [6, 6.07) is 26.5. The second kappa shape index (κ2) is 14.3. The lowest BCUT2D eigenvalue weighted by molar-refractivity contribution is 0.102. The summed E-state index contributed by atoms with van der Waals surface area (Å²) < 4.78 is 9.62. The number of hydrogen-bond acceptors (Lipinski definition) is 6. The first kappa shape index (κ1) is 32.7. The molecule has 3 aromatic heterocycles. The molecule has 1 amide bonds. The quantitative estimate of drug-likeness (QED) is 0.125. The monoisotopic (exact) mass is 693 g/mol. The number of nitrogens with two attached hydrogens (primary N) is 1. The van der Waals surface area contributed by atoms with Crippen LogP contribution in [0, 0.1) is 5.92 Å². The molecular weight excluding hydrogens is 657 g/mol. The number of anilines is 1. The summed E-state index contributed by atoms with van der Waals surface area (Å²) in [5.74, 6) is 7.35. The largest absolute Gasteiger partial charge is 0.476 e. The van der Waals surface area contributed by atoms with E-state index in [1.54, 1.807) is 30.5 Å². The average Bonchev–Trinajstić information content (AvgIpc) is 3.68. The first-order valence-electron chi connectivity index (χ1n) is 16.5. The number of piperidine rings is 1. The maximum atomic E-state index is 14.5. The highest BCUT2D eigenvalue weighted by Gasteiger charge is 2.30. The Hall–Kier alpha value is -4.83. The number of carbonyl (C=O) groups is 1. The number of pyridine rings is 1. The topological polar surface area (TPSA) is 112 Å². The molecule has 0 bridgehead atoms.